The van der Waals surface area contributed by atoms with Crippen LogP contribution in [0.5, 0.6) is 0 Å². The molecule has 1 N–H and O–H groups in total. The molecule has 1 aromatic heterocycles. The van der Waals surface area contributed by atoms with E-state index >= 15 is 0 Å². The molecule has 1 aromatic carbocycles. The van der Waals surface area contributed by atoms with E-state index in [0.29, 0.717) is 11.4 Å². The molecular weight excluding hydrogens is 274 g/mol. The Bertz CT molecular complexity index is 693. The predicted octanol–water partition coefficient (Wildman–Crippen LogP) is 1.52. The van der Waals surface area contributed by atoms with Gasteiger partial charge in [0.25, 0.3) is 5.91 Å². The van der Waals surface area contributed by atoms with Crippen molar-refractivity contribution in [2.75, 3.05) is 26.5 Å². The Kier molecular flexibility index (Phi) is 3.88. The van der Waals surface area contributed by atoms with E-state index in [4.69, 9.17) is 0 Å². The molecule has 8 heteroatoms. The summed E-state index contributed by atoms with van der Waals surface area (Å²) in [4.78, 5) is 24.0. The molecule has 0 atom stereocenters. The summed E-state index contributed by atoms with van der Waals surface area (Å²) in [6.45, 7) is 0. The molecule has 0 aliphatic heterocycles. The summed E-state index contributed by atoms with van der Waals surface area (Å²) in [7, 11) is 4.84. The Balaban J connectivity index is 2.53. The van der Waals surface area contributed by atoms with E-state index in [1.807, 2.05) is 0 Å². The molecule has 0 saturated carbocycles. The van der Waals surface area contributed by atoms with E-state index in [2.05, 4.69) is 10.4 Å². The fraction of sp³-hybridized carbons (Fsp3) is 0.231. The van der Waals surface area contributed by atoms with Crippen LogP contribution in [-0.4, -0.2) is 46.7 Å². The van der Waals surface area contributed by atoms with Gasteiger partial charge >= 0.3 is 5.69 Å². The quantitative estimate of drug-likeness (QED) is 0.680. The second-order valence-electron chi connectivity index (χ2n) is 4.53. The van der Waals surface area contributed by atoms with Gasteiger partial charge in [0, 0.05) is 27.3 Å². The Hall–Kier alpha value is -2.90. The second kappa shape index (κ2) is 5.61. The van der Waals surface area contributed by atoms with Crippen LogP contribution in [0.2, 0.25) is 0 Å². The topological polar surface area (TPSA) is 93.3 Å². The minimum Gasteiger partial charge on any atom is -0.382 e. The monoisotopic (exact) mass is 289 g/mol. The zero-order chi connectivity index (χ0) is 15.6. The van der Waals surface area contributed by atoms with E-state index in [1.54, 1.807) is 39.3 Å². The SMILES string of the molecule is CNc1cccc(-n2ccc(C(=O)N(C)C)n2)c1[N+](=O)[O-]. The molecule has 110 valence electrons. The van der Waals surface area contributed by atoms with Crippen LogP contribution in [0.3, 0.4) is 0 Å². The minimum absolute atomic E-state index is 0.0908. The Morgan fingerprint density at radius 1 is 1.38 bits per heavy atom. The van der Waals surface area contributed by atoms with Crippen molar-refractivity contribution >= 4 is 17.3 Å². The van der Waals surface area contributed by atoms with Gasteiger partial charge in [-0.1, -0.05) is 6.07 Å². The summed E-state index contributed by atoms with van der Waals surface area (Å²) in [5.41, 5.74) is 0.814. The maximum Gasteiger partial charge on any atom is 0.317 e. The maximum atomic E-state index is 11.8. The fourth-order valence-corrected chi connectivity index (χ4v) is 1.91. The summed E-state index contributed by atoms with van der Waals surface area (Å²) in [5, 5.41) is 18.2. The summed E-state index contributed by atoms with van der Waals surface area (Å²) >= 11 is 0. The maximum absolute atomic E-state index is 11.8. The van der Waals surface area contributed by atoms with Crippen molar-refractivity contribution in [2.24, 2.45) is 0 Å². The Morgan fingerprint density at radius 3 is 2.67 bits per heavy atom. The van der Waals surface area contributed by atoms with Crippen molar-refractivity contribution < 1.29 is 9.72 Å². The molecule has 0 aliphatic rings. The third-order valence-corrected chi connectivity index (χ3v) is 2.93. The molecule has 8 nitrogen and oxygen atoms in total. The van der Waals surface area contributed by atoms with Crippen LogP contribution in [0.15, 0.2) is 30.5 Å². The summed E-state index contributed by atoms with van der Waals surface area (Å²) in [6.07, 6.45) is 1.53. The van der Waals surface area contributed by atoms with Gasteiger partial charge in [-0.2, -0.15) is 5.10 Å². The lowest BCUT2D eigenvalue weighted by Gasteiger charge is -2.08. The minimum atomic E-state index is -0.476. The van der Waals surface area contributed by atoms with Crippen molar-refractivity contribution in [1.29, 1.82) is 0 Å². The molecule has 0 aliphatic carbocycles. The van der Waals surface area contributed by atoms with E-state index in [9.17, 15) is 14.9 Å². The van der Waals surface area contributed by atoms with E-state index in [0.717, 1.165) is 0 Å². The lowest BCUT2D eigenvalue weighted by Crippen LogP contribution is -2.22. The standard InChI is InChI=1S/C13H15N5O3/c1-14-9-5-4-6-11(12(9)18(20)21)17-8-7-10(15-17)13(19)16(2)3/h4-8,14H,1-3H3. The molecule has 1 amide bonds. The number of aromatic nitrogens is 2. The third-order valence-electron chi connectivity index (χ3n) is 2.93. The van der Waals surface area contributed by atoms with Crippen LogP contribution in [0, 0.1) is 10.1 Å². The molecule has 1 heterocycles. The van der Waals surface area contributed by atoms with Gasteiger partial charge in [-0.05, 0) is 18.2 Å². The van der Waals surface area contributed by atoms with Crippen molar-refractivity contribution in [2.45, 2.75) is 0 Å². The first-order chi connectivity index (χ1) is 9.95. The van der Waals surface area contributed by atoms with E-state index < -0.39 is 4.92 Å². The van der Waals surface area contributed by atoms with Crippen LogP contribution in [0.25, 0.3) is 5.69 Å². The number of rotatable bonds is 4. The second-order valence-corrected chi connectivity index (χ2v) is 4.53. The largest absolute Gasteiger partial charge is 0.382 e. The fourth-order valence-electron chi connectivity index (χ4n) is 1.91. The molecule has 2 aromatic rings. The number of nitro benzene ring substituents is 1. The van der Waals surface area contributed by atoms with E-state index in [-0.39, 0.29) is 17.3 Å². The highest BCUT2D eigenvalue weighted by Crippen LogP contribution is 2.30. The number of carbonyl (C=O) groups is 1. The number of nitrogens with zero attached hydrogens (tertiary/aromatic N) is 4. The van der Waals surface area contributed by atoms with Crippen molar-refractivity contribution in [3.8, 4) is 5.69 Å². The van der Waals surface area contributed by atoms with Crippen LogP contribution < -0.4 is 5.32 Å². The number of para-hydroxylation sites is 1. The Labute approximate surface area is 121 Å². The summed E-state index contributed by atoms with van der Waals surface area (Å²) in [5.74, 6) is -0.263. The van der Waals surface area contributed by atoms with Gasteiger partial charge in [0.05, 0.1) is 4.92 Å². The first kappa shape index (κ1) is 14.5. The number of hydrogen-bond donors (Lipinski definition) is 1. The van der Waals surface area contributed by atoms with Crippen LogP contribution >= 0.6 is 0 Å². The van der Waals surface area contributed by atoms with Crippen LogP contribution in [0.4, 0.5) is 11.4 Å². The summed E-state index contributed by atoms with van der Waals surface area (Å²) in [6, 6.07) is 6.40. The lowest BCUT2D eigenvalue weighted by molar-refractivity contribution is -0.383. The predicted molar refractivity (Wildman–Crippen MR) is 77.8 cm³/mol. The van der Waals surface area contributed by atoms with Crippen molar-refractivity contribution in [1.82, 2.24) is 14.7 Å². The highest BCUT2D eigenvalue weighted by molar-refractivity contribution is 5.91. The highest BCUT2D eigenvalue weighted by Gasteiger charge is 2.22. The number of hydrogen-bond acceptors (Lipinski definition) is 5. The average molecular weight is 289 g/mol. The van der Waals surface area contributed by atoms with Gasteiger partial charge in [-0.15, -0.1) is 0 Å². The molecule has 2 rings (SSSR count). The first-order valence-corrected chi connectivity index (χ1v) is 6.18. The molecule has 0 bridgehead atoms. The zero-order valence-electron chi connectivity index (χ0n) is 11.9. The van der Waals surface area contributed by atoms with Crippen molar-refractivity contribution in [3.63, 3.8) is 0 Å². The van der Waals surface area contributed by atoms with Gasteiger partial charge in [0.2, 0.25) is 0 Å². The van der Waals surface area contributed by atoms with Gasteiger partial charge in [-0.25, -0.2) is 4.68 Å². The van der Waals surface area contributed by atoms with Crippen LogP contribution in [0.1, 0.15) is 10.5 Å². The number of amides is 1. The van der Waals surface area contributed by atoms with Gasteiger partial charge in [0.1, 0.15) is 11.4 Å². The van der Waals surface area contributed by atoms with Gasteiger partial charge < -0.3 is 10.2 Å². The van der Waals surface area contributed by atoms with E-state index in [1.165, 1.54) is 21.8 Å². The zero-order valence-corrected chi connectivity index (χ0v) is 11.9. The van der Waals surface area contributed by atoms with Gasteiger partial charge in [-0.3, -0.25) is 14.9 Å². The number of nitro groups is 1. The highest BCUT2D eigenvalue weighted by atomic mass is 16.6. The number of anilines is 1. The molecular formula is C13H15N5O3. The summed E-state index contributed by atoms with van der Waals surface area (Å²) < 4.78 is 1.33. The number of nitrogens with one attached hydrogen (secondary N) is 1. The average Bonchev–Trinajstić information content (AvgIpc) is 2.94. The Morgan fingerprint density at radius 2 is 2.10 bits per heavy atom. The van der Waals surface area contributed by atoms with Gasteiger partial charge in [0.15, 0.2) is 5.69 Å². The molecule has 0 radical (unpaired) electrons. The molecule has 0 saturated heterocycles. The molecule has 21 heavy (non-hydrogen) atoms. The smallest absolute Gasteiger partial charge is 0.317 e. The molecule has 0 fully saturated rings. The molecule has 0 spiro atoms. The normalized spacial score (nSPS) is 10.2. The van der Waals surface area contributed by atoms with Crippen LogP contribution in [-0.2, 0) is 0 Å². The number of benzene rings is 1. The lowest BCUT2D eigenvalue weighted by atomic mass is 10.2. The number of carbonyl (C=O) groups excluding carboxylic acids is 1. The molecule has 0 unspecified atom stereocenters. The van der Waals surface area contributed by atoms with Crippen molar-refractivity contribution in [3.05, 3.63) is 46.3 Å². The third kappa shape index (κ3) is 2.69. The first-order valence-electron chi connectivity index (χ1n) is 6.18.